The van der Waals surface area contributed by atoms with E-state index in [4.69, 9.17) is 0 Å². The zero-order valence-corrected chi connectivity index (χ0v) is 16.5. The third kappa shape index (κ3) is 4.25. The van der Waals surface area contributed by atoms with Crippen LogP contribution in [0, 0.1) is 6.92 Å². The van der Waals surface area contributed by atoms with E-state index in [1.54, 1.807) is 6.20 Å². The number of hydrogen-bond acceptors (Lipinski definition) is 3. The maximum atomic E-state index is 12.4. The van der Waals surface area contributed by atoms with Crippen molar-refractivity contribution in [3.05, 3.63) is 71.7 Å². The maximum absolute atomic E-state index is 12.4. The third-order valence-electron chi connectivity index (χ3n) is 5.68. The van der Waals surface area contributed by atoms with Gasteiger partial charge in [0.15, 0.2) is 0 Å². The molecule has 0 saturated carbocycles. The second kappa shape index (κ2) is 8.57. The number of likely N-dealkylation sites (tertiary alicyclic amines) is 1. The highest BCUT2D eigenvalue weighted by molar-refractivity contribution is 5.78. The first kappa shape index (κ1) is 18.7. The molecule has 3 aromatic rings. The molecule has 1 saturated heterocycles. The molecule has 1 N–H and O–H groups in total. The van der Waals surface area contributed by atoms with E-state index in [1.165, 1.54) is 18.4 Å². The summed E-state index contributed by atoms with van der Waals surface area (Å²) in [5, 5.41) is 3.08. The van der Waals surface area contributed by atoms with E-state index in [2.05, 4.69) is 45.5 Å². The van der Waals surface area contributed by atoms with Crippen molar-refractivity contribution < 1.29 is 4.79 Å². The molecule has 0 spiro atoms. The molecule has 1 fully saturated rings. The van der Waals surface area contributed by atoms with Gasteiger partial charge < -0.3 is 14.6 Å². The molecule has 1 amide bonds. The van der Waals surface area contributed by atoms with Crippen LogP contribution in [0.3, 0.4) is 0 Å². The SMILES string of the molecule is Cc1cccn2c(CC(=O)NCCN3CCC[C@H](c4ccccc4)C3)cnc12. The van der Waals surface area contributed by atoms with E-state index in [-0.39, 0.29) is 5.91 Å². The standard InChI is InChI=1S/C23H28N4O/c1-18-7-5-13-27-21(16-25-23(18)27)15-22(28)24-11-14-26-12-6-10-20(17-26)19-8-3-2-4-9-19/h2-5,7-9,13,16,20H,6,10-12,14-15,17H2,1H3,(H,24,28)/t20-/m0/s1. The number of carbonyl (C=O) groups excluding carboxylic acids is 1. The molecule has 1 aliphatic rings. The number of piperidine rings is 1. The average Bonchev–Trinajstić information content (AvgIpc) is 3.13. The zero-order valence-electron chi connectivity index (χ0n) is 16.5. The summed E-state index contributed by atoms with van der Waals surface area (Å²) in [5.41, 5.74) is 4.40. The Labute approximate surface area is 166 Å². The highest BCUT2D eigenvalue weighted by atomic mass is 16.1. The lowest BCUT2D eigenvalue weighted by Crippen LogP contribution is -2.40. The number of aryl methyl sites for hydroxylation is 1. The first-order chi connectivity index (χ1) is 13.7. The van der Waals surface area contributed by atoms with E-state index in [0.717, 1.165) is 36.5 Å². The summed E-state index contributed by atoms with van der Waals surface area (Å²) in [6.45, 7) is 5.82. The number of nitrogens with zero attached hydrogens (tertiary/aromatic N) is 3. The molecule has 0 unspecified atom stereocenters. The van der Waals surface area contributed by atoms with E-state index in [9.17, 15) is 4.79 Å². The van der Waals surface area contributed by atoms with Gasteiger partial charge in [0.1, 0.15) is 5.65 Å². The van der Waals surface area contributed by atoms with Gasteiger partial charge in [-0.1, -0.05) is 36.4 Å². The Kier molecular flexibility index (Phi) is 5.72. The predicted octanol–water partition coefficient (Wildman–Crippen LogP) is 3.18. The third-order valence-corrected chi connectivity index (χ3v) is 5.68. The largest absolute Gasteiger partial charge is 0.354 e. The summed E-state index contributed by atoms with van der Waals surface area (Å²) < 4.78 is 2.00. The van der Waals surface area contributed by atoms with Crippen molar-refractivity contribution in [1.82, 2.24) is 19.6 Å². The van der Waals surface area contributed by atoms with Crippen molar-refractivity contribution in [1.29, 1.82) is 0 Å². The van der Waals surface area contributed by atoms with Gasteiger partial charge in [0.25, 0.3) is 0 Å². The average molecular weight is 377 g/mol. The fourth-order valence-electron chi connectivity index (χ4n) is 4.17. The second-order valence-electron chi connectivity index (χ2n) is 7.71. The number of aromatic nitrogens is 2. The molecular formula is C23H28N4O. The van der Waals surface area contributed by atoms with Gasteiger partial charge in [0.2, 0.25) is 5.91 Å². The normalized spacial score (nSPS) is 17.7. The Morgan fingerprint density at radius 1 is 1.21 bits per heavy atom. The van der Waals surface area contributed by atoms with Crippen molar-refractivity contribution >= 4 is 11.6 Å². The van der Waals surface area contributed by atoms with Crippen LogP contribution in [0.15, 0.2) is 54.9 Å². The fourth-order valence-corrected chi connectivity index (χ4v) is 4.17. The van der Waals surface area contributed by atoms with Gasteiger partial charge in [0, 0.05) is 32.0 Å². The lowest BCUT2D eigenvalue weighted by molar-refractivity contribution is -0.120. The van der Waals surface area contributed by atoms with Crippen LogP contribution in [0.5, 0.6) is 0 Å². The minimum absolute atomic E-state index is 0.0555. The number of amides is 1. The molecule has 5 heteroatoms. The number of hydrogen-bond donors (Lipinski definition) is 1. The summed E-state index contributed by atoms with van der Waals surface area (Å²) in [6, 6.07) is 14.8. The Morgan fingerprint density at radius 2 is 2.07 bits per heavy atom. The highest BCUT2D eigenvalue weighted by Gasteiger charge is 2.21. The second-order valence-corrected chi connectivity index (χ2v) is 7.71. The summed E-state index contributed by atoms with van der Waals surface area (Å²) >= 11 is 0. The monoisotopic (exact) mass is 376 g/mol. The minimum atomic E-state index is 0.0555. The van der Waals surface area contributed by atoms with Crippen LogP contribution >= 0.6 is 0 Å². The van der Waals surface area contributed by atoms with Gasteiger partial charge in [0.05, 0.1) is 12.1 Å². The van der Waals surface area contributed by atoms with Gasteiger partial charge in [-0.3, -0.25) is 4.79 Å². The number of rotatable bonds is 6. The number of nitrogens with one attached hydrogen (secondary N) is 1. The molecule has 0 radical (unpaired) electrons. The zero-order chi connectivity index (χ0) is 19.3. The first-order valence-electron chi connectivity index (χ1n) is 10.2. The first-order valence-corrected chi connectivity index (χ1v) is 10.2. The molecule has 146 valence electrons. The van der Waals surface area contributed by atoms with Gasteiger partial charge >= 0.3 is 0 Å². The maximum Gasteiger partial charge on any atom is 0.226 e. The fraction of sp³-hybridized carbons (Fsp3) is 0.391. The molecule has 1 atom stereocenters. The van der Waals surface area contributed by atoms with Crippen molar-refractivity contribution in [2.45, 2.75) is 32.1 Å². The summed E-state index contributed by atoms with van der Waals surface area (Å²) in [5.74, 6) is 0.659. The molecular weight excluding hydrogens is 348 g/mol. The van der Waals surface area contributed by atoms with Gasteiger partial charge in [-0.05, 0) is 49.4 Å². The molecule has 0 bridgehead atoms. The number of benzene rings is 1. The van der Waals surface area contributed by atoms with Crippen molar-refractivity contribution in [2.24, 2.45) is 0 Å². The van der Waals surface area contributed by atoms with Crippen LogP contribution in [-0.2, 0) is 11.2 Å². The van der Waals surface area contributed by atoms with E-state index < -0.39 is 0 Å². The highest BCUT2D eigenvalue weighted by Crippen LogP contribution is 2.26. The van der Waals surface area contributed by atoms with Crippen LogP contribution < -0.4 is 5.32 Å². The Hall–Kier alpha value is -2.66. The van der Waals surface area contributed by atoms with Crippen LogP contribution in [0.25, 0.3) is 5.65 Å². The van der Waals surface area contributed by atoms with Crippen LogP contribution in [0.4, 0.5) is 0 Å². The van der Waals surface area contributed by atoms with Crippen molar-refractivity contribution in [3.8, 4) is 0 Å². The Bertz CT molecular complexity index is 934. The summed E-state index contributed by atoms with van der Waals surface area (Å²) in [6.07, 6.45) is 6.60. The molecule has 4 rings (SSSR count). The number of pyridine rings is 1. The molecule has 1 aliphatic heterocycles. The number of fused-ring (bicyclic) bond motifs is 1. The Morgan fingerprint density at radius 3 is 2.93 bits per heavy atom. The predicted molar refractivity (Wildman–Crippen MR) is 111 cm³/mol. The van der Waals surface area contributed by atoms with Gasteiger partial charge in [-0.25, -0.2) is 4.98 Å². The van der Waals surface area contributed by atoms with E-state index >= 15 is 0 Å². The van der Waals surface area contributed by atoms with Gasteiger partial charge in [-0.2, -0.15) is 0 Å². The quantitative estimate of drug-likeness (QED) is 0.719. The van der Waals surface area contributed by atoms with Crippen LogP contribution in [0.1, 0.15) is 35.6 Å². The van der Waals surface area contributed by atoms with Crippen molar-refractivity contribution in [3.63, 3.8) is 0 Å². The van der Waals surface area contributed by atoms with Gasteiger partial charge in [-0.15, -0.1) is 0 Å². The van der Waals surface area contributed by atoms with Crippen LogP contribution in [-0.4, -0.2) is 46.4 Å². The van der Waals surface area contributed by atoms with E-state index in [1.807, 2.05) is 29.7 Å². The molecule has 2 aromatic heterocycles. The number of imidazole rings is 1. The smallest absolute Gasteiger partial charge is 0.226 e. The summed E-state index contributed by atoms with van der Waals surface area (Å²) in [7, 11) is 0. The molecule has 5 nitrogen and oxygen atoms in total. The minimum Gasteiger partial charge on any atom is -0.354 e. The lowest BCUT2D eigenvalue weighted by Gasteiger charge is -2.33. The van der Waals surface area contributed by atoms with E-state index in [0.29, 0.717) is 18.9 Å². The molecule has 0 aliphatic carbocycles. The van der Waals surface area contributed by atoms with Crippen molar-refractivity contribution in [2.75, 3.05) is 26.2 Å². The summed E-state index contributed by atoms with van der Waals surface area (Å²) in [4.78, 5) is 19.3. The lowest BCUT2D eigenvalue weighted by atomic mass is 9.91. The molecule has 3 heterocycles. The van der Waals surface area contributed by atoms with Crippen LogP contribution in [0.2, 0.25) is 0 Å². The number of carbonyl (C=O) groups is 1. The topological polar surface area (TPSA) is 49.6 Å². The molecule has 1 aromatic carbocycles. The Balaban J connectivity index is 1.26. The molecule has 28 heavy (non-hydrogen) atoms.